The summed E-state index contributed by atoms with van der Waals surface area (Å²) in [7, 11) is -3.36. The maximum absolute atomic E-state index is 13.0. The lowest BCUT2D eigenvalue weighted by Crippen LogP contribution is -2.38. The lowest BCUT2D eigenvalue weighted by Gasteiger charge is -2.30. The first-order chi connectivity index (χ1) is 14.4. The number of benzene rings is 1. The quantitative estimate of drug-likeness (QED) is 0.618. The lowest BCUT2D eigenvalue weighted by atomic mass is 9.99. The number of likely N-dealkylation sites (tertiary alicyclic amines) is 1. The van der Waals surface area contributed by atoms with E-state index in [4.69, 9.17) is 0 Å². The third-order valence-corrected chi connectivity index (χ3v) is 7.74. The molecule has 0 bridgehead atoms. The summed E-state index contributed by atoms with van der Waals surface area (Å²) in [5.74, 6) is 0.787. The molecule has 2 aromatic heterocycles. The molecule has 3 aromatic rings. The van der Waals surface area contributed by atoms with Crippen molar-refractivity contribution >= 4 is 37.9 Å². The molecule has 0 unspecified atom stereocenters. The van der Waals surface area contributed by atoms with E-state index in [1.54, 1.807) is 18.2 Å². The van der Waals surface area contributed by atoms with Gasteiger partial charge in [0.1, 0.15) is 5.69 Å². The van der Waals surface area contributed by atoms with Gasteiger partial charge in [0.15, 0.2) is 4.96 Å². The van der Waals surface area contributed by atoms with Gasteiger partial charge < -0.3 is 4.90 Å². The summed E-state index contributed by atoms with van der Waals surface area (Å²) in [5, 5.41) is 1.86. The molecule has 0 saturated carbocycles. The van der Waals surface area contributed by atoms with Gasteiger partial charge in [0, 0.05) is 35.9 Å². The minimum absolute atomic E-state index is 0.0400. The van der Waals surface area contributed by atoms with Crippen LogP contribution in [0.5, 0.6) is 0 Å². The summed E-state index contributed by atoms with van der Waals surface area (Å²) < 4.78 is 28.6. The van der Waals surface area contributed by atoms with Crippen molar-refractivity contribution in [3.63, 3.8) is 0 Å². The van der Waals surface area contributed by atoms with Crippen LogP contribution in [-0.4, -0.2) is 47.5 Å². The molecular weight excluding hydrogens is 420 g/mol. The maximum atomic E-state index is 13.0. The Labute approximate surface area is 180 Å². The normalized spacial score (nSPS) is 15.6. The van der Waals surface area contributed by atoms with Crippen molar-refractivity contribution in [2.24, 2.45) is 5.92 Å². The number of amides is 1. The number of rotatable bonds is 6. The number of thiazole rings is 1. The van der Waals surface area contributed by atoms with E-state index in [0.29, 0.717) is 29.4 Å². The third-order valence-electron chi connectivity index (χ3n) is 5.40. The van der Waals surface area contributed by atoms with Gasteiger partial charge in [-0.25, -0.2) is 13.4 Å². The molecule has 4 rings (SSSR count). The summed E-state index contributed by atoms with van der Waals surface area (Å²) in [6, 6.07) is 7.18. The molecule has 1 aliphatic heterocycles. The molecule has 30 heavy (non-hydrogen) atoms. The number of anilines is 1. The molecule has 3 heterocycles. The number of nitrogens with one attached hydrogen (secondary N) is 1. The Morgan fingerprint density at radius 2 is 2.07 bits per heavy atom. The van der Waals surface area contributed by atoms with Gasteiger partial charge in [-0.3, -0.25) is 13.9 Å². The van der Waals surface area contributed by atoms with Crippen LogP contribution in [0.4, 0.5) is 5.69 Å². The second kappa shape index (κ2) is 8.39. The molecule has 0 spiro atoms. The first-order valence-electron chi connectivity index (χ1n) is 10.2. The molecule has 1 fully saturated rings. The zero-order chi connectivity index (χ0) is 21.3. The fraction of sp³-hybridized carbons (Fsp3) is 0.429. The average molecular weight is 447 g/mol. The molecule has 1 aromatic carbocycles. The van der Waals surface area contributed by atoms with Crippen LogP contribution in [0.1, 0.15) is 43.6 Å². The van der Waals surface area contributed by atoms with Crippen molar-refractivity contribution in [2.45, 2.75) is 33.1 Å². The zero-order valence-electron chi connectivity index (χ0n) is 17.2. The number of aromatic nitrogens is 2. The molecule has 1 saturated heterocycles. The molecule has 0 aliphatic carbocycles. The lowest BCUT2D eigenvalue weighted by molar-refractivity contribution is 0.0690. The van der Waals surface area contributed by atoms with E-state index in [1.807, 2.05) is 33.9 Å². The molecule has 1 N–H and O–H groups in total. The van der Waals surface area contributed by atoms with Crippen molar-refractivity contribution in [1.82, 2.24) is 14.3 Å². The number of sulfonamides is 1. The van der Waals surface area contributed by atoms with E-state index in [0.717, 1.165) is 36.5 Å². The van der Waals surface area contributed by atoms with Crippen LogP contribution in [0.3, 0.4) is 0 Å². The van der Waals surface area contributed by atoms with Gasteiger partial charge in [-0.15, -0.1) is 11.3 Å². The highest BCUT2D eigenvalue weighted by atomic mass is 32.2. The van der Waals surface area contributed by atoms with Gasteiger partial charge in [-0.05, 0) is 37.3 Å². The number of nitrogens with zero attached hydrogens (tertiary/aromatic N) is 3. The molecule has 1 amide bonds. The third kappa shape index (κ3) is 4.37. The Bertz CT molecular complexity index is 1160. The second-order valence-electron chi connectivity index (χ2n) is 7.88. The number of imidazole rings is 1. The Morgan fingerprint density at radius 3 is 2.80 bits per heavy atom. The molecule has 0 radical (unpaired) electrons. The summed E-state index contributed by atoms with van der Waals surface area (Å²) in [4.78, 5) is 20.3. The predicted molar refractivity (Wildman–Crippen MR) is 121 cm³/mol. The Kier molecular flexibility index (Phi) is 5.84. The van der Waals surface area contributed by atoms with Crippen molar-refractivity contribution in [3.8, 4) is 11.3 Å². The number of carbonyl (C=O) groups excluding carboxylic acids is 1. The highest BCUT2D eigenvalue weighted by Gasteiger charge is 2.24. The average Bonchev–Trinajstić information content (AvgIpc) is 3.28. The Balaban J connectivity index is 1.59. The Hall–Kier alpha value is -2.39. The minimum atomic E-state index is -3.36. The van der Waals surface area contributed by atoms with E-state index < -0.39 is 10.0 Å². The predicted octanol–water partition coefficient (Wildman–Crippen LogP) is 4.09. The van der Waals surface area contributed by atoms with Crippen molar-refractivity contribution in [2.75, 3.05) is 23.6 Å². The van der Waals surface area contributed by atoms with E-state index in [-0.39, 0.29) is 11.7 Å². The van der Waals surface area contributed by atoms with Crippen molar-refractivity contribution in [1.29, 1.82) is 0 Å². The van der Waals surface area contributed by atoms with Crippen LogP contribution in [0, 0.1) is 5.92 Å². The summed E-state index contributed by atoms with van der Waals surface area (Å²) in [6.45, 7) is 5.64. The molecule has 160 valence electrons. The fourth-order valence-electron chi connectivity index (χ4n) is 3.69. The summed E-state index contributed by atoms with van der Waals surface area (Å²) >= 11 is 1.44. The van der Waals surface area contributed by atoms with E-state index in [1.165, 1.54) is 11.3 Å². The van der Waals surface area contributed by atoms with E-state index in [2.05, 4.69) is 16.6 Å². The van der Waals surface area contributed by atoms with Crippen LogP contribution in [0.2, 0.25) is 0 Å². The number of piperidine rings is 1. The van der Waals surface area contributed by atoms with Crippen LogP contribution in [-0.2, 0) is 10.0 Å². The smallest absolute Gasteiger partial charge is 0.271 e. The minimum Gasteiger partial charge on any atom is -0.337 e. The van der Waals surface area contributed by atoms with Crippen LogP contribution in [0.25, 0.3) is 16.2 Å². The van der Waals surface area contributed by atoms with Gasteiger partial charge in [0.05, 0.1) is 11.4 Å². The molecule has 9 heteroatoms. The number of fused-ring (bicyclic) bond motifs is 1. The number of hydrogen-bond acceptors (Lipinski definition) is 5. The SMILES string of the molecule is CCCS(=O)(=O)Nc1cccc(-c2cn3c(C(=O)N4CCC(C)CC4)csc3n2)c1. The molecule has 1 aliphatic rings. The van der Waals surface area contributed by atoms with E-state index >= 15 is 0 Å². The second-order valence-corrected chi connectivity index (χ2v) is 10.6. The van der Waals surface area contributed by atoms with Crippen LogP contribution >= 0.6 is 11.3 Å². The highest BCUT2D eigenvalue weighted by Crippen LogP contribution is 2.27. The fourth-order valence-corrected chi connectivity index (χ4v) is 5.66. The van der Waals surface area contributed by atoms with Gasteiger partial charge in [0.2, 0.25) is 10.0 Å². The molecule has 0 atom stereocenters. The first kappa shape index (κ1) is 20.9. The van der Waals surface area contributed by atoms with Crippen LogP contribution in [0.15, 0.2) is 35.8 Å². The van der Waals surface area contributed by atoms with Gasteiger partial charge in [0.25, 0.3) is 5.91 Å². The number of hydrogen-bond donors (Lipinski definition) is 1. The summed E-state index contributed by atoms with van der Waals surface area (Å²) in [5.41, 5.74) is 2.65. The van der Waals surface area contributed by atoms with Gasteiger partial charge in [-0.1, -0.05) is 26.0 Å². The summed E-state index contributed by atoms with van der Waals surface area (Å²) in [6.07, 6.45) is 4.48. The monoisotopic (exact) mass is 446 g/mol. The highest BCUT2D eigenvalue weighted by molar-refractivity contribution is 7.92. The van der Waals surface area contributed by atoms with Crippen molar-refractivity contribution in [3.05, 3.63) is 41.5 Å². The van der Waals surface area contributed by atoms with Crippen molar-refractivity contribution < 1.29 is 13.2 Å². The molecule has 7 nitrogen and oxygen atoms in total. The standard InChI is InChI=1S/C21H26N4O3S2/c1-3-11-30(27,28)23-17-6-4-5-16(12-17)18-13-25-19(14-29-21(25)22-18)20(26)24-9-7-15(2)8-10-24/h4-6,12-15,23H,3,7-11H2,1-2H3. The topological polar surface area (TPSA) is 83.8 Å². The first-order valence-corrected chi connectivity index (χ1v) is 12.8. The van der Waals surface area contributed by atoms with E-state index in [9.17, 15) is 13.2 Å². The molecular formula is C21H26N4O3S2. The maximum Gasteiger partial charge on any atom is 0.271 e. The van der Waals surface area contributed by atoms with Crippen LogP contribution < -0.4 is 4.72 Å². The number of carbonyl (C=O) groups is 1. The Morgan fingerprint density at radius 1 is 1.30 bits per heavy atom. The van der Waals surface area contributed by atoms with Gasteiger partial charge >= 0.3 is 0 Å². The zero-order valence-corrected chi connectivity index (χ0v) is 18.8. The van der Waals surface area contributed by atoms with Gasteiger partial charge in [-0.2, -0.15) is 0 Å². The largest absolute Gasteiger partial charge is 0.337 e.